The number of phosphoric acid groups is 1. The number of hydrogen-bond acceptors (Lipinski definition) is 12. The Morgan fingerprint density at radius 3 is 0.973 bits per heavy atom. The second-order valence-corrected chi connectivity index (χ2v) is 22.7. The summed E-state index contributed by atoms with van der Waals surface area (Å²) in [4.78, 5) is 42.7. The van der Waals surface area contributed by atoms with Crippen LogP contribution in [0.25, 0.3) is 0 Å². The highest BCUT2D eigenvalue weighted by atomic mass is 31.2. The van der Waals surface area contributed by atoms with Gasteiger partial charge in [0.05, 0.1) is 13.2 Å². The molecule has 4 unspecified atom stereocenters. The lowest BCUT2D eigenvalue weighted by atomic mass is 10.1. The molecule has 0 N–H and O–H groups in total. The van der Waals surface area contributed by atoms with Gasteiger partial charge in [-0.2, -0.15) is 0 Å². The number of rotatable bonds is 57. The summed E-state index contributed by atoms with van der Waals surface area (Å²) >= 11 is 0. The van der Waals surface area contributed by atoms with E-state index in [1.165, 1.54) is 84.2 Å². The van der Waals surface area contributed by atoms with E-state index >= 15 is 0 Å². The van der Waals surface area contributed by atoms with Gasteiger partial charge in [0.15, 0.2) is 0 Å². The Hall–Kier alpha value is -1.56. The lowest BCUT2D eigenvalue weighted by molar-refractivity contribution is -0.150. The van der Waals surface area contributed by atoms with Gasteiger partial charge < -0.3 is 24.0 Å². The van der Waals surface area contributed by atoms with Gasteiger partial charge in [-0.05, 0) is 149 Å². The molecule has 0 aliphatic heterocycles. The third kappa shape index (κ3) is 45.2. The molecule has 0 spiro atoms. The van der Waals surface area contributed by atoms with E-state index in [0.29, 0.717) is 25.9 Å². The third-order valence-electron chi connectivity index (χ3n) is 14.3. The molecule has 0 saturated heterocycles. The summed E-state index contributed by atoms with van der Waals surface area (Å²) in [5.74, 6) is -0.0859. The number of ether oxygens (including phenoxy) is 3. The summed E-state index contributed by atoms with van der Waals surface area (Å²) in [6.45, 7) is 21.5. The van der Waals surface area contributed by atoms with Gasteiger partial charge in [-0.15, -0.1) is 0 Å². The minimum absolute atomic E-state index is 0.0248. The molecule has 12 nitrogen and oxygen atoms in total. The number of phosphoric ester groups is 1. The zero-order valence-electron chi connectivity index (χ0n) is 49.2. The van der Waals surface area contributed by atoms with Crippen LogP contribution < -0.4 is 0 Å². The van der Waals surface area contributed by atoms with Gasteiger partial charge in [-0.3, -0.25) is 28.0 Å². The Morgan fingerprint density at radius 2 is 0.671 bits per heavy atom. The molecule has 0 aromatic heterocycles. The van der Waals surface area contributed by atoms with Gasteiger partial charge in [0, 0.05) is 32.9 Å². The second-order valence-electron chi connectivity index (χ2n) is 20.9. The molecular formula is C60H119N2O10P. The van der Waals surface area contributed by atoms with Crippen LogP contribution in [-0.4, -0.2) is 106 Å². The molecule has 0 bridgehead atoms. The molecule has 0 aromatic carbocycles. The average molecular weight is 1060 g/mol. The average Bonchev–Trinajstić information content (AvgIpc) is 3.38. The summed E-state index contributed by atoms with van der Waals surface area (Å²) in [6.07, 6.45) is 39.8. The summed E-state index contributed by atoms with van der Waals surface area (Å²) < 4.78 is 46.1. The van der Waals surface area contributed by atoms with Crippen molar-refractivity contribution in [3.63, 3.8) is 0 Å². The molecule has 0 rings (SSSR count). The predicted octanol–water partition coefficient (Wildman–Crippen LogP) is 17.1. The van der Waals surface area contributed by atoms with Crippen LogP contribution in [0.4, 0.5) is 0 Å². The number of carbonyl (C=O) groups is 3. The van der Waals surface area contributed by atoms with Crippen LogP contribution >= 0.6 is 7.82 Å². The van der Waals surface area contributed by atoms with Crippen LogP contribution in [-0.2, 0) is 46.7 Å². The van der Waals surface area contributed by atoms with Crippen molar-refractivity contribution >= 4 is 25.7 Å². The van der Waals surface area contributed by atoms with E-state index in [4.69, 9.17) is 27.8 Å². The first kappa shape index (κ1) is 71.4. The van der Waals surface area contributed by atoms with Crippen molar-refractivity contribution in [2.75, 3.05) is 59.6 Å². The van der Waals surface area contributed by atoms with Gasteiger partial charge in [0.1, 0.15) is 18.3 Å². The van der Waals surface area contributed by atoms with E-state index in [2.05, 4.69) is 51.3 Å². The molecule has 434 valence electrons. The Kier molecular flexibility index (Phi) is 51.4. The molecule has 0 saturated carbocycles. The SMILES string of the molecule is CCCCCC(CC)OC(=O)CCCCCCCCN(CCCCCCCCC(=O)OC(CC)CCCCC)CCCN(CCCCCCCCC(=O)OC(CC)CCCCC)CCCOP(=O)(OC)OCC. The highest BCUT2D eigenvalue weighted by Gasteiger charge is 2.24. The van der Waals surface area contributed by atoms with E-state index in [0.717, 1.165) is 187 Å². The van der Waals surface area contributed by atoms with Gasteiger partial charge in [0.2, 0.25) is 0 Å². The maximum atomic E-state index is 12.7. The minimum Gasteiger partial charge on any atom is -0.462 e. The fourth-order valence-corrected chi connectivity index (χ4v) is 10.5. The van der Waals surface area contributed by atoms with Crippen LogP contribution in [0, 0.1) is 0 Å². The fraction of sp³-hybridized carbons (Fsp3) is 0.950. The van der Waals surface area contributed by atoms with Crippen LogP contribution in [0.15, 0.2) is 0 Å². The van der Waals surface area contributed by atoms with Crippen LogP contribution in [0.3, 0.4) is 0 Å². The first-order chi connectivity index (χ1) is 35.5. The van der Waals surface area contributed by atoms with Crippen molar-refractivity contribution in [2.24, 2.45) is 0 Å². The first-order valence-corrected chi connectivity index (χ1v) is 32.5. The van der Waals surface area contributed by atoms with Gasteiger partial charge in [0.25, 0.3) is 0 Å². The fourth-order valence-electron chi connectivity index (χ4n) is 9.53. The van der Waals surface area contributed by atoms with Crippen LogP contribution in [0.1, 0.15) is 292 Å². The van der Waals surface area contributed by atoms with Gasteiger partial charge in [-0.1, -0.05) is 157 Å². The van der Waals surface area contributed by atoms with Gasteiger partial charge in [-0.25, -0.2) is 4.57 Å². The minimum atomic E-state index is -3.52. The van der Waals surface area contributed by atoms with E-state index in [1.54, 1.807) is 6.92 Å². The summed E-state index contributed by atoms with van der Waals surface area (Å²) in [5, 5.41) is 0. The Morgan fingerprint density at radius 1 is 0.370 bits per heavy atom. The van der Waals surface area contributed by atoms with E-state index in [1.807, 2.05) is 0 Å². The number of hydrogen-bond donors (Lipinski definition) is 0. The summed E-state index contributed by atoms with van der Waals surface area (Å²) in [6, 6.07) is 0. The van der Waals surface area contributed by atoms with Crippen LogP contribution in [0.2, 0.25) is 0 Å². The monoisotopic (exact) mass is 1060 g/mol. The number of nitrogens with zero attached hydrogens (tertiary/aromatic N) is 2. The molecule has 0 aliphatic rings. The van der Waals surface area contributed by atoms with Crippen LogP contribution in [0.5, 0.6) is 0 Å². The molecule has 0 amide bonds. The first-order valence-electron chi connectivity index (χ1n) is 31.0. The summed E-state index contributed by atoms with van der Waals surface area (Å²) in [7, 11) is -2.15. The van der Waals surface area contributed by atoms with Gasteiger partial charge >= 0.3 is 25.7 Å². The Balaban J connectivity index is 5.16. The highest BCUT2D eigenvalue weighted by molar-refractivity contribution is 7.48. The standard InChI is InChI=1S/C60H119N2O10P/c1-9-16-31-42-55(12-4)70-58(63)45-34-25-19-22-28-37-48-61(49-38-29-23-20-26-35-46-59(64)71-56(13-5)43-32-17-10-2)51-40-52-62(53-41-54-69-73(66,67-8)68-15-7)50-39-30-24-21-27-36-47-60(65)72-57(14-6)44-33-18-11-3/h55-57H,9-54H2,1-8H3. The zero-order chi connectivity index (χ0) is 53.9. The smallest absolute Gasteiger partial charge is 0.462 e. The van der Waals surface area contributed by atoms with Crippen molar-refractivity contribution in [3.05, 3.63) is 0 Å². The Bertz CT molecular complexity index is 1240. The molecule has 0 heterocycles. The number of unbranched alkanes of at least 4 members (excludes halogenated alkanes) is 21. The van der Waals surface area contributed by atoms with E-state index in [-0.39, 0.29) is 42.8 Å². The second kappa shape index (κ2) is 52.5. The maximum absolute atomic E-state index is 12.7. The van der Waals surface area contributed by atoms with Crippen molar-refractivity contribution in [3.8, 4) is 0 Å². The lowest BCUT2D eigenvalue weighted by Crippen LogP contribution is -2.33. The molecule has 4 atom stereocenters. The molecular weight excluding hydrogens is 940 g/mol. The number of esters is 3. The maximum Gasteiger partial charge on any atom is 0.474 e. The van der Waals surface area contributed by atoms with Crippen molar-refractivity contribution in [2.45, 2.75) is 311 Å². The normalized spacial score (nSPS) is 13.8. The molecule has 0 radical (unpaired) electrons. The molecule has 0 aliphatic carbocycles. The Labute approximate surface area is 451 Å². The molecule has 0 aromatic rings. The lowest BCUT2D eigenvalue weighted by Gasteiger charge is -2.26. The van der Waals surface area contributed by atoms with E-state index in [9.17, 15) is 18.9 Å². The van der Waals surface area contributed by atoms with Crippen molar-refractivity contribution < 1.29 is 46.7 Å². The number of carbonyl (C=O) groups excluding carboxylic acids is 3. The van der Waals surface area contributed by atoms with E-state index < -0.39 is 7.82 Å². The molecule has 73 heavy (non-hydrogen) atoms. The predicted molar refractivity (Wildman–Crippen MR) is 304 cm³/mol. The highest BCUT2D eigenvalue weighted by Crippen LogP contribution is 2.48. The third-order valence-corrected chi connectivity index (χ3v) is 15.8. The van der Waals surface area contributed by atoms with Crippen molar-refractivity contribution in [1.82, 2.24) is 9.80 Å². The topological polar surface area (TPSA) is 130 Å². The largest absolute Gasteiger partial charge is 0.474 e. The van der Waals surface area contributed by atoms with Crippen molar-refractivity contribution in [1.29, 1.82) is 0 Å². The summed E-state index contributed by atoms with van der Waals surface area (Å²) in [5.41, 5.74) is 0. The molecule has 0 fully saturated rings. The molecule has 13 heteroatoms. The quantitative estimate of drug-likeness (QED) is 0.0249. The zero-order valence-corrected chi connectivity index (χ0v) is 50.1.